The molecule has 1 aromatic heterocycles. The van der Waals surface area contributed by atoms with Crippen molar-refractivity contribution >= 4 is 33.3 Å². The SMILES string of the molecule is [CH]=C=CCn1c2ccc(C(C)=N)cc2c2cc(C(=O)c3ccccc3)ccc21. The smallest absolute Gasteiger partial charge is 0.193 e. The van der Waals surface area contributed by atoms with Crippen LogP contribution in [0.15, 0.2) is 78.5 Å². The Bertz CT molecular complexity index is 1270. The fourth-order valence-electron chi connectivity index (χ4n) is 3.58. The van der Waals surface area contributed by atoms with Crippen LogP contribution in [0, 0.1) is 12.0 Å². The minimum Gasteiger partial charge on any atom is -0.336 e. The van der Waals surface area contributed by atoms with Gasteiger partial charge >= 0.3 is 0 Å². The number of aromatic nitrogens is 1. The number of carbonyl (C=O) groups excluding carboxylic acids is 1. The summed E-state index contributed by atoms with van der Waals surface area (Å²) in [5.41, 5.74) is 7.33. The lowest BCUT2D eigenvalue weighted by Gasteiger charge is -2.05. The number of hydrogen-bond donors (Lipinski definition) is 1. The molecular weight excluding hydrogens is 344 g/mol. The molecule has 135 valence electrons. The first-order valence-corrected chi connectivity index (χ1v) is 9.09. The van der Waals surface area contributed by atoms with Gasteiger partial charge in [-0.05, 0) is 55.5 Å². The second kappa shape index (κ2) is 7.15. The lowest BCUT2D eigenvalue weighted by atomic mass is 10.0. The van der Waals surface area contributed by atoms with Crippen LogP contribution in [-0.2, 0) is 6.54 Å². The van der Waals surface area contributed by atoms with E-state index in [1.165, 1.54) is 0 Å². The molecule has 1 radical (unpaired) electrons. The minimum atomic E-state index is -0.00187. The van der Waals surface area contributed by atoms with Crippen LogP contribution in [-0.4, -0.2) is 16.1 Å². The molecule has 0 amide bonds. The minimum absolute atomic E-state index is 0.00187. The fourth-order valence-corrected chi connectivity index (χ4v) is 3.58. The normalized spacial score (nSPS) is 10.8. The van der Waals surface area contributed by atoms with Gasteiger partial charge in [-0.25, -0.2) is 0 Å². The van der Waals surface area contributed by atoms with Crippen molar-refractivity contribution in [1.82, 2.24) is 4.57 Å². The second-order valence-corrected chi connectivity index (χ2v) is 6.77. The van der Waals surface area contributed by atoms with Gasteiger partial charge in [0.1, 0.15) is 0 Å². The first-order chi connectivity index (χ1) is 13.6. The van der Waals surface area contributed by atoms with Crippen LogP contribution in [0.25, 0.3) is 21.8 Å². The Labute approximate surface area is 163 Å². The summed E-state index contributed by atoms with van der Waals surface area (Å²) in [5, 5.41) is 9.98. The predicted octanol–water partition coefficient (Wildman–Crippen LogP) is 5.56. The number of fused-ring (bicyclic) bond motifs is 3. The van der Waals surface area contributed by atoms with Crippen molar-refractivity contribution in [1.29, 1.82) is 5.41 Å². The summed E-state index contributed by atoms with van der Waals surface area (Å²) in [6.45, 7) is 7.80. The Balaban J connectivity index is 1.97. The number of hydrogen-bond acceptors (Lipinski definition) is 2. The van der Waals surface area contributed by atoms with Gasteiger partial charge in [0.05, 0.1) is 0 Å². The number of benzene rings is 3. The van der Waals surface area contributed by atoms with Gasteiger partial charge in [-0.2, -0.15) is 0 Å². The van der Waals surface area contributed by atoms with Crippen molar-refractivity contribution in [3.63, 3.8) is 0 Å². The highest BCUT2D eigenvalue weighted by atomic mass is 16.1. The van der Waals surface area contributed by atoms with Gasteiger partial charge in [0, 0.05) is 45.2 Å². The summed E-state index contributed by atoms with van der Waals surface area (Å²) in [6, 6.07) is 21.1. The Morgan fingerprint density at radius 2 is 1.57 bits per heavy atom. The zero-order valence-electron chi connectivity index (χ0n) is 15.6. The Morgan fingerprint density at radius 3 is 2.18 bits per heavy atom. The largest absolute Gasteiger partial charge is 0.336 e. The van der Waals surface area contributed by atoms with E-state index in [1.807, 2.05) is 66.7 Å². The second-order valence-electron chi connectivity index (χ2n) is 6.77. The maximum Gasteiger partial charge on any atom is 0.193 e. The summed E-state index contributed by atoms with van der Waals surface area (Å²) in [5.74, 6) is -0.00187. The lowest BCUT2D eigenvalue weighted by Crippen LogP contribution is -2.01. The van der Waals surface area contributed by atoms with E-state index >= 15 is 0 Å². The van der Waals surface area contributed by atoms with Crippen molar-refractivity contribution in [3.8, 4) is 0 Å². The summed E-state index contributed by atoms with van der Waals surface area (Å²) in [4.78, 5) is 12.9. The molecule has 0 fully saturated rings. The zero-order chi connectivity index (χ0) is 19.7. The van der Waals surface area contributed by atoms with Gasteiger partial charge in [-0.1, -0.05) is 36.4 Å². The molecule has 28 heavy (non-hydrogen) atoms. The molecule has 0 saturated carbocycles. The standard InChI is InChI=1S/C25H19N2O/c1-3-4-14-27-23-12-10-19(17(2)26)15-21(23)22-16-20(11-13-24(22)27)25(28)18-8-6-5-7-9-18/h1,4-13,15-16,26H,14H2,2H3. The van der Waals surface area contributed by atoms with Crippen LogP contribution >= 0.6 is 0 Å². The van der Waals surface area contributed by atoms with Gasteiger partial charge in [0.15, 0.2) is 5.78 Å². The molecule has 0 aliphatic heterocycles. The molecule has 0 saturated heterocycles. The number of ketones is 1. The van der Waals surface area contributed by atoms with E-state index in [2.05, 4.69) is 10.3 Å². The van der Waals surface area contributed by atoms with Gasteiger partial charge in [0.2, 0.25) is 0 Å². The Kier molecular flexibility index (Phi) is 4.52. The third-order valence-corrected chi connectivity index (χ3v) is 4.99. The molecule has 3 aromatic carbocycles. The molecule has 1 N–H and O–H groups in total. The third-order valence-electron chi connectivity index (χ3n) is 4.99. The van der Waals surface area contributed by atoms with E-state index in [-0.39, 0.29) is 5.78 Å². The van der Waals surface area contributed by atoms with E-state index in [0.29, 0.717) is 23.4 Å². The number of nitrogens with one attached hydrogen (secondary N) is 1. The van der Waals surface area contributed by atoms with Gasteiger partial charge in [-0.15, -0.1) is 5.73 Å². The van der Waals surface area contributed by atoms with E-state index < -0.39 is 0 Å². The molecule has 3 nitrogen and oxygen atoms in total. The number of carbonyl (C=O) groups is 1. The average molecular weight is 363 g/mol. The third kappa shape index (κ3) is 2.98. The predicted molar refractivity (Wildman–Crippen MR) is 114 cm³/mol. The van der Waals surface area contributed by atoms with Crippen LogP contribution in [0.2, 0.25) is 0 Å². The van der Waals surface area contributed by atoms with Crippen LogP contribution in [0.3, 0.4) is 0 Å². The molecule has 0 aliphatic rings. The fraction of sp³-hybridized carbons (Fsp3) is 0.0800. The molecule has 0 atom stereocenters. The summed E-state index contributed by atoms with van der Waals surface area (Å²) in [7, 11) is 0. The molecule has 0 aliphatic carbocycles. The summed E-state index contributed by atoms with van der Waals surface area (Å²) >= 11 is 0. The highest BCUT2D eigenvalue weighted by Gasteiger charge is 2.15. The van der Waals surface area contributed by atoms with Gasteiger partial charge in [-0.3, -0.25) is 4.79 Å². The van der Waals surface area contributed by atoms with Crippen molar-refractivity contribution in [2.24, 2.45) is 0 Å². The molecule has 0 bridgehead atoms. The number of allylic oxidation sites excluding steroid dienone is 1. The van der Waals surface area contributed by atoms with Crippen LogP contribution in [0.4, 0.5) is 0 Å². The number of rotatable bonds is 5. The topological polar surface area (TPSA) is 45.9 Å². The van der Waals surface area contributed by atoms with Crippen LogP contribution < -0.4 is 0 Å². The molecule has 3 heteroatoms. The van der Waals surface area contributed by atoms with Gasteiger partial charge in [0.25, 0.3) is 0 Å². The van der Waals surface area contributed by atoms with Crippen molar-refractivity contribution < 1.29 is 4.79 Å². The number of nitrogens with zero attached hydrogens (tertiary/aromatic N) is 1. The monoisotopic (exact) mass is 363 g/mol. The summed E-state index contributed by atoms with van der Waals surface area (Å²) in [6.07, 6.45) is 1.78. The van der Waals surface area contributed by atoms with E-state index in [1.54, 1.807) is 13.0 Å². The highest BCUT2D eigenvalue weighted by molar-refractivity contribution is 6.15. The van der Waals surface area contributed by atoms with E-state index in [0.717, 1.165) is 27.4 Å². The van der Waals surface area contributed by atoms with Crippen molar-refractivity contribution in [2.45, 2.75) is 13.5 Å². The molecule has 4 aromatic rings. The Morgan fingerprint density at radius 1 is 0.964 bits per heavy atom. The zero-order valence-corrected chi connectivity index (χ0v) is 15.6. The Hall–Kier alpha value is -3.68. The maximum atomic E-state index is 12.9. The average Bonchev–Trinajstić information content (AvgIpc) is 3.04. The molecule has 0 unspecified atom stereocenters. The summed E-state index contributed by atoms with van der Waals surface area (Å²) < 4.78 is 2.14. The van der Waals surface area contributed by atoms with Crippen molar-refractivity contribution in [2.75, 3.05) is 0 Å². The highest BCUT2D eigenvalue weighted by Crippen LogP contribution is 2.31. The first-order valence-electron chi connectivity index (χ1n) is 9.09. The van der Waals surface area contributed by atoms with Crippen LogP contribution in [0.1, 0.15) is 28.4 Å². The van der Waals surface area contributed by atoms with Crippen LogP contribution in [0.5, 0.6) is 0 Å². The van der Waals surface area contributed by atoms with E-state index in [9.17, 15) is 4.79 Å². The maximum absolute atomic E-state index is 12.9. The molecule has 1 heterocycles. The quantitative estimate of drug-likeness (QED) is 0.282. The molecular formula is C25H19N2O. The van der Waals surface area contributed by atoms with Crippen molar-refractivity contribution in [3.05, 3.63) is 102 Å². The van der Waals surface area contributed by atoms with Gasteiger partial charge < -0.3 is 9.98 Å². The molecule has 0 spiro atoms. The molecule has 4 rings (SSSR count). The lowest BCUT2D eigenvalue weighted by molar-refractivity contribution is 0.103. The first kappa shape index (κ1) is 17.7. The van der Waals surface area contributed by atoms with E-state index in [4.69, 9.17) is 12.0 Å².